The Morgan fingerprint density at radius 3 is 2.50 bits per heavy atom. The second-order valence-electron chi connectivity index (χ2n) is 8.00. The molecule has 28 heavy (non-hydrogen) atoms. The molecular weight excluding hydrogens is 400 g/mol. The van der Waals surface area contributed by atoms with Gasteiger partial charge >= 0.3 is 0 Å². The Morgan fingerprint density at radius 2 is 1.75 bits per heavy atom. The molecule has 2 saturated heterocycles. The highest BCUT2D eigenvalue weighted by Gasteiger charge is 2.34. The minimum Gasteiger partial charge on any atom is -0.379 e. The third kappa shape index (κ3) is 3.95. The van der Waals surface area contributed by atoms with E-state index in [-0.39, 0.29) is 16.4 Å². The summed E-state index contributed by atoms with van der Waals surface area (Å²) in [5.74, 6) is 1.12. The van der Waals surface area contributed by atoms with Crippen molar-refractivity contribution in [2.45, 2.75) is 37.0 Å². The van der Waals surface area contributed by atoms with Gasteiger partial charge in [0.1, 0.15) is 0 Å². The normalized spacial score (nSPS) is 26.7. The Kier molecular flexibility index (Phi) is 5.97. The van der Waals surface area contributed by atoms with Crippen molar-refractivity contribution in [3.63, 3.8) is 0 Å². The number of fused-ring (bicyclic) bond motifs is 1. The van der Waals surface area contributed by atoms with Crippen molar-refractivity contribution < 1.29 is 17.9 Å². The second kappa shape index (κ2) is 8.30. The first-order chi connectivity index (χ1) is 13.5. The number of nitrogens with zero attached hydrogens (tertiary/aromatic N) is 2. The van der Waals surface area contributed by atoms with Gasteiger partial charge in [-0.3, -0.25) is 4.79 Å². The molecule has 2 aliphatic heterocycles. The highest BCUT2D eigenvalue weighted by molar-refractivity contribution is 7.89. The maximum absolute atomic E-state index is 13.2. The van der Waals surface area contributed by atoms with Gasteiger partial charge in [-0.15, -0.1) is 0 Å². The van der Waals surface area contributed by atoms with Crippen LogP contribution in [0.5, 0.6) is 0 Å². The molecule has 1 aromatic carbocycles. The van der Waals surface area contributed by atoms with E-state index in [0.29, 0.717) is 37.2 Å². The lowest BCUT2D eigenvalue weighted by atomic mass is 9.75. The van der Waals surface area contributed by atoms with Crippen LogP contribution in [0, 0.1) is 11.8 Å². The Morgan fingerprint density at radius 1 is 1.04 bits per heavy atom. The molecule has 0 radical (unpaired) electrons. The quantitative estimate of drug-likeness (QED) is 0.745. The molecule has 0 bridgehead atoms. The smallest absolute Gasteiger partial charge is 0.255 e. The number of carbonyl (C=O) groups is 1. The molecule has 4 rings (SSSR count). The number of hydrogen-bond acceptors (Lipinski definition) is 4. The number of piperidine rings is 1. The maximum atomic E-state index is 13.2. The molecule has 0 N–H and O–H groups in total. The van der Waals surface area contributed by atoms with Crippen molar-refractivity contribution in [2.75, 3.05) is 39.4 Å². The fraction of sp³-hybridized carbons (Fsp3) is 0.650. The number of likely N-dealkylation sites (tertiary alicyclic amines) is 1. The van der Waals surface area contributed by atoms with Crippen molar-refractivity contribution >= 4 is 27.5 Å². The van der Waals surface area contributed by atoms with Crippen molar-refractivity contribution in [1.82, 2.24) is 9.21 Å². The minimum absolute atomic E-state index is 0.120. The molecule has 3 fully saturated rings. The fourth-order valence-electron chi connectivity index (χ4n) is 4.72. The van der Waals surface area contributed by atoms with Crippen LogP contribution < -0.4 is 0 Å². The zero-order valence-corrected chi connectivity index (χ0v) is 17.6. The standard InChI is InChI=1S/C20H27ClN2O4S/c21-19-6-5-17(28(25,26)23-9-11-27-12-10-23)13-18(19)20(24)22-8-7-15-3-1-2-4-16(15)14-22/h5-6,13,15-16H,1-4,7-12,14H2/t15-,16+/m1/s1. The van der Waals surface area contributed by atoms with Gasteiger partial charge in [0.2, 0.25) is 10.0 Å². The molecule has 1 saturated carbocycles. The number of rotatable bonds is 3. The van der Waals surface area contributed by atoms with Gasteiger partial charge in [0.25, 0.3) is 5.91 Å². The summed E-state index contributed by atoms with van der Waals surface area (Å²) in [4.78, 5) is 15.1. The minimum atomic E-state index is -3.66. The summed E-state index contributed by atoms with van der Waals surface area (Å²) in [6.45, 7) is 2.88. The van der Waals surface area contributed by atoms with Crippen LogP contribution in [0.4, 0.5) is 0 Å². The molecule has 0 spiro atoms. The molecule has 3 aliphatic rings. The topological polar surface area (TPSA) is 66.9 Å². The van der Waals surface area contributed by atoms with E-state index in [1.807, 2.05) is 4.90 Å². The lowest BCUT2D eigenvalue weighted by molar-refractivity contribution is 0.0520. The summed E-state index contributed by atoms with van der Waals surface area (Å²) in [5.41, 5.74) is 0.283. The molecule has 1 aliphatic carbocycles. The molecular formula is C20H27ClN2O4S. The van der Waals surface area contributed by atoms with Gasteiger partial charge in [0.15, 0.2) is 0 Å². The van der Waals surface area contributed by atoms with Crippen LogP contribution in [0.15, 0.2) is 23.1 Å². The van der Waals surface area contributed by atoms with Crippen molar-refractivity contribution in [1.29, 1.82) is 0 Å². The number of carbonyl (C=O) groups excluding carboxylic acids is 1. The lowest BCUT2D eigenvalue weighted by Crippen LogP contribution is -2.45. The van der Waals surface area contributed by atoms with E-state index < -0.39 is 10.0 Å². The molecule has 1 amide bonds. The predicted octanol–water partition coefficient (Wildman–Crippen LogP) is 3.01. The van der Waals surface area contributed by atoms with Crippen LogP contribution >= 0.6 is 11.6 Å². The van der Waals surface area contributed by atoms with E-state index in [2.05, 4.69) is 0 Å². The number of ether oxygens (including phenoxy) is 1. The molecule has 0 aromatic heterocycles. The third-order valence-electron chi connectivity index (χ3n) is 6.35. The highest BCUT2D eigenvalue weighted by atomic mass is 35.5. The first-order valence-electron chi connectivity index (χ1n) is 10.1. The Labute approximate surface area is 171 Å². The monoisotopic (exact) mass is 426 g/mol. The van der Waals surface area contributed by atoms with Gasteiger partial charge in [-0.25, -0.2) is 8.42 Å². The largest absolute Gasteiger partial charge is 0.379 e. The van der Waals surface area contributed by atoms with Crippen molar-refractivity contribution in [3.05, 3.63) is 28.8 Å². The zero-order valence-electron chi connectivity index (χ0n) is 16.0. The molecule has 8 heteroatoms. The first kappa shape index (κ1) is 20.1. The SMILES string of the molecule is O=C(c1cc(S(=O)(=O)N2CCOCC2)ccc1Cl)N1CC[C@H]2CCCC[C@H]2C1. The first-order valence-corrected chi connectivity index (χ1v) is 12.0. The number of hydrogen-bond donors (Lipinski definition) is 0. The van der Waals surface area contributed by atoms with E-state index in [0.717, 1.165) is 25.4 Å². The number of halogens is 1. The summed E-state index contributed by atoms with van der Waals surface area (Å²) >= 11 is 6.31. The number of benzene rings is 1. The maximum Gasteiger partial charge on any atom is 0.255 e. The lowest BCUT2D eigenvalue weighted by Gasteiger charge is -2.41. The van der Waals surface area contributed by atoms with Crippen LogP contribution in [-0.2, 0) is 14.8 Å². The Balaban J connectivity index is 1.56. The fourth-order valence-corrected chi connectivity index (χ4v) is 6.35. The Bertz CT molecular complexity index is 839. The molecule has 2 atom stereocenters. The highest BCUT2D eigenvalue weighted by Crippen LogP contribution is 2.37. The van der Waals surface area contributed by atoms with E-state index in [1.54, 1.807) is 0 Å². The van der Waals surface area contributed by atoms with Crippen LogP contribution in [0.3, 0.4) is 0 Å². The van der Waals surface area contributed by atoms with Gasteiger partial charge in [0, 0.05) is 26.2 Å². The summed E-state index contributed by atoms with van der Waals surface area (Å²) in [5, 5.41) is 0.302. The Hall–Kier alpha value is -1.15. The zero-order chi connectivity index (χ0) is 19.7. The van der Waals surface area contributed by atoms with Gasteiger partial charge in [0.05, 0.1) is 28.7 Å². The summed E-state index contributed by atoms with van der Waals surface area (Å²) < 4.78 is 32.5. The predicted molar refractivity (Wildman–Crippen MR) is 107 cm³/mol. The van der Waals surface area contributed by atoms with Gasteiger partial charge in [-0.1, -0.05) is 30.9 Å². The number of amides is 1. The van der Waals surface area contributed by atoms with Crippen LogP contribution in [-0.4, -0.2) is 62.9 Å². The summed E-state index contributed by atoms with van der Waals surface area (Å²) in [7, 11) is -3.66. The van der Waals surface area contributed by atoms with Crippen LogP contribution in [0.2, 0.25) is 5.02 Å². The molecule has 2 heterocycles. The van der Waals surface area contributed by atoms with E-state index >= 15 is 0 Å². The average Bonchev–Trinajstić information content (AvgIpc) is 2.73. The van der Waals surface area contributed by atoms with E-state index in [9.17, 15) is 13.2 Å². The van der Waals surface area contributed by atoms with Gasteiger partial charge in [-0.05, 0) is 42.9 Å². The third-order valence-corrected chi connectivity index (χ3v) is 8.58. The summed E-state index contributed by atoms with van der Waals surface area (Å²) in [6, 6.07) is 4.45. The van der Waals surface area contributed by atoms with Crippen LogP contribution in [0.25, 0.3) is 0 Å². The van der Waals surface area contributed by atoms with E-state index in [4.69, 9.17) is 16.3 Å². The van der Waals surface area contributed by atoms with Crippen molar-refractivity contribution in [2.24, 2.45) is 11.8 Å². The van der Waals surface area contributed by atoms with Gasteiger partial charge in [-0.2, -0.15) is 4.31 Å². The van der Waals surface area contributed by atoms with E-state index in [1.165, 1.54) is 48.2 Å². The summed E-state index contributed by atoms with van der Waals surface area (Å²) in [6.07, 6.45) is 5.99. The average molecular weight is 427 g/mol. The van der Waals surface area contributed by atoms with Crippen molar-refractivity contribution in [3.8, 4) is 0 Å². The second-order valence-corrected chi connectivity index (χ2v) is 10.3. The number of morpholine rings is 1. The van der Waals surface area contributed by atoms with Crippen LogP contribution in [0.1, 0.15) is 42.5 Å². The molecule has 1 aromatic rings. The molecule has 6 nitrogen and oxygen atoms in total. The van der Waals surface area contributed by atoms with Gasteiger partial charge < -0.3 is 9.64 Å². The number of sulfonamides is 1. The molecule has 0 unspecified atom stereocenters. The molecule has 154 valence electrons.